The van der Waals surface area contributed by atoms with Crippen LogP contribution in [0.5, 0.6) is 0 Å². The minimum atomic E-state index is -0.149. The zero-order chi connectivity index (χ0) is 14.7. The van der Waals surface area contributed by atoms with Crippen LogP contribution in [0.1, 0.15) is 36.8 Å². The second-order valence-electron chi connectivity index (χ2n) is 4.62. The Kier molecular flexibility index (Phi) is 5.18. The van der Waals surface area contributed by atoms with Crippen molar-refractivity contribution >= 4 is 27.5 Å². The van der Waals surface area contributed by atoms with E-state index >= 15 is 0 Å². The Balaban J connectivity index is 2.27. The molecule has 0 saturated carbocycles. The zero-order valence-corrected chi connectivity index (χ0v) is 13.9. The van der Waals surface area contributed by atoms with E-state index in [1.807, 2.05) is 10.7 Å². The van der Waals surface area contributed by atoms with Crippen LogP contribution in [0.15, 0.2) is 22.9 Å². The highest BCUT2D eigenvalue weighted by Gasteiger charge is 2.18. The molecule has 0 amide bonds. The maximum absolute atomic E-state index is 6.41. The average Bonchev–Trinajstić information content (AvgIpc) is 2.75. The van der Waals surface area contributed by atoms with Crippen LogP contribution in [-0.4, -0.2) is 14.8 Å². The number of hydrogen-bond donors (Lipinski definition) is 1. The Hall–Kier alpha value is -0.910. The van der Waals surface area contributed by atoms with Gasteiger partial charge in [0, 0.05) is 35.9 Å². The summed E-state index contributed by atoms with van der Waals surface area (Å²) in [6, 6.07) is 1.84. The second kappa shape index (κ2) is 6.70. The fraction of sp³-hybridized carbons (Fsp3) is 0.429. The fourth-order valence-electron chi connectivity index (χ4n) is 2.17. The minimum Gasteiger partial charge on any atom is -0.324 e. The number of nitrogens with two attached hydrogens (primary N) is 1. The lowest BCUT2D eigenvalue weighted by molar-refractivity contribution is 0.585. The summed E-state index contributed by atoms with van der Waals surface area (Å²) in [5.41, 5.74) is 9.19. The van der Waals surface area contributed by atoms with Gasteiger partial charge < -0.3 is 5.73 Å². The molecule has 2 aromatic heterocycles. The smallest absolute Gasteiger partial charge is 0.0850 e. The Morgan fingerprint density at radius 3 is 2.75 bits per heavy atom. The van der Waals surface area contributed by atoms with E-state index in [-0.39, 0.29) is 6.04 Å². The van der Waals surface area contributed by atoms with Gasteiger partial charge in [-0.3, -0.25) is 9.67 Å². The van der Waals surface area contributed by atoms with Gasteiger partial charge >= 0.3 is 0 Å². The molecular formula is C14H18BrClN4. The van der Waals surface area contributed by atoms with E-state index in [1.54, 1.807) is 12.4 Å². The summed E-state index contributed by atoms with van der Waals surface area (Å²) in [6.07, 6.45) is 5.01. The highest BCUT2D eigenvalue weighted by molar-refractivity contribution is 9.10. The van der Waals surface area contributed by atoms with Gasteiger partial charge in [0.15, 0.2) is 0 Å². The first-order chi connectivity index (χ1) is 9.56. The molecule has 1 unspecified atom stereocenters. The zero-order valence-electron chi connectivity index (χ0n) is 11.6. The third kappa shape index (κ3) is 3.22. The van der Waals surface area contributed by atoms with Gasteiger partial charge in [0.1, 0.15) is 0 Å². The van der Waals surface area contributed by atoms with Crippen molar-refractivity contribution in [2.45, 2.75) is 39.3 Å². The molecule has 0 fully saturated rings. The van der Waals surface area contributed by atoms with E-state index in [0.717, 1.165) is 39.4 Å². The molecule has 0 aliphatic heterocycles. The van der Waals surface area contributed by atoms with E-state index in [2.05, 4.69) is 39.9 Å². The number of aryl methyl sites for hydroxylation is 2. The van der Waals surface area contributed by atoms with Gasteiger partial charge in [0.2, 0.25) is 0 Å². The van der Waals surface area contributed by atoms with Crippen molar-refractivity contribution in [2.24, 2.45) is 5.73 Å². The van der Waals surface area contributed by atoms with E-state index in [0.29, 0.717) is 6.42 Å². The summed E-state index contributed by atoms with van der Waals surface area (Å²) in [4.78, 5) is 4.15. The summed E-state index contributed by atoms with van der Waals surface area (Å²) in [7, 11) is 0. The van der Waals surface area contributed by atoms with Gasteiger partial charge in [-0.25, -0.2) is 0 Å². The maximum Gasteiger partial charge on any atom is 0.0850 e. The van der Waals surface area contributed by atoms with Gasteiger partial charge in [-0.2, -0.15) is 5.10 Å². The first kappa shape index (κ1) is 15.5. The summed E-state index contributed by atoms with van der Waals surface area (Å²) in [5, 5.41) is 5.26. The molecule has 1 atom stereocenters. The average molecular weight is 358 g/mol. The summed E-state index contributed by atoms with van der Waals surface area (Å²) in [6.45, 7) is 4.90. The lowest BCUT2D eigenvalue weighted by Crippen LogP contribution is -2.16. The van der Waals surface area contributed by atoms with Crippen LogP contribution in [0.2, 0.25) is 5.02 Å². The highest BCUT2D eigenvalue weighted by atomic mass is 79.9. The Labute approximate surface area is 132 Å². The Morgan fingerprint density at radius 1 is 1.40 bits per heavy atom. The third-order valence-corrected chi connectivity index (χ3v) is 4.13. The lowest BCUT2D eigenvalue weighted by atomic mass is 10.0. The predicted octanol–water partition coefficient (Wildman–Crippen LogP) is 3.52. The van der Waals surface area contributed by atoms with E-state index < -0.39 is 0 Å². The number of halogens is 2. The van der Waals surface area contributed by atoms with Crippen LogP contribution in [0, 0.1) is 0 Å². The van der Waals surface area contributed by atoms with Crippen molar-refractivity contribution in [3.05, 3.63) is 44.9 Å². The molecule has 2 rings (SSSR count). The summed E-state index contributed by atoms with van der Waals surface area (Å²) in [5.74, 6) is 0. The van der Waals surface area contributed by atoms with Crippen molar-refractivity contribution in [2.75, 3.05) is 0 Å². The van der Waals surface area contributed by atoms with Crippen molar-refractivity contribution in [3.8, 4) is 0 Å². The summed E-state index contributed by atoms with van der Waals surface area (Å²) < 4.78 is 2.86. The number of pyridine rings is 1. The van der Waals surface area contributed by atoms with E-state index in [1.165, 1.54) is 0 Å². The van der Waals surface area contributed by atoms with Gasteiger partial charge in [-0.05, 0) is 40.9 Å². The van der Waals surface area contributed by atoms with Crippen LogP contribution in [-0.2, 0) is 19.4 Å². The molecule has 2 heterocycles. The quantitative estimate of drug-likeness (QED) is 0.890. The first-order valence-corrected chi connectivity index (χ1v) is 7.84. The molecule has 0 bridgehead atoms. The van der Waals surface area contributed by atoms with Crippen LogP contribution in [0.4, 0.5) is 0 Å². The first-order valence-electron chi connectivity index (χ1n) is 6.66. The van der Waals surface area contributed by atoms with Crippen molar-refractivity contribution in [1.29, 1.82) is 0 Å². The molecule has 0 aliphatic carbocycles. The van der Waals surface area contributed by atoms with Gasteiger partial charge in [0.25, 0.3) is 0 Å². The largest absolute Gasteiger partial charge is 0.324 e. The highest BCUT2D eigenvalue weighted by Crippen LogP contribution is 2.26. The molecule has 108 valence electrons. The topological polar surface area (TPSA) is 56.7 Å². The van der Waals surface area contributed by atoms with Crippen molar-refractivity contribution < 1.29 is 0 Å². The molecule has 2 aromatic rings. The number of rotatable bonds is 5. The Morgan fingerprint density at radius 2 is 2.15 bits per heavy atom. The molecule has 0 aliphatic rings. The predicted molar refractivity (Wildman–Crippen MR) is 84.9 cm³/mol. The van der Waals surface area contributed by atoms with Gasteiger partial charge in [-0.1, -0.05) is 18.5 Å². The molecule has 2 N–H and O–H groups in total. The standard InChI is InChI=1S/C14H18BrClN4/c1-3-12-14(16)13(20(4-2)19-12)6-11(17)9-5-10(15)8-18-7-9/h5,7-8,11H,3-4,6,17H2,1-2H3. The third-order valence-electron chi connectivity index (χ3n) is 3.26. The fourth-order valence-corrected chi connectivity index (χ4v) is 2.90. The molecular weight excluding hydrogens is 340 g/mol. The van der Waals surface area contributed by atoms with E-state index in [4.69, 9.17) is 17.3 Å². The molecule has 4 nitrogen and oxygen atoms in total. The number of nitrogens with zero attached hydrogens (tertiary/aromatic N) is 3. The molecule has 0 saturated heterocycles. The monoisotopic (exact) mass is 356 g/mol. The summed E-state index contributed by atoms with van der Waals surface area (Å²) >= 11 is 9.82. The second-order valence-corrected chi connectivity index (χ2v) is 5.92. The normalized spacial score (nSPS) is 12.7. The van der Waals surface area contributed by atoms with Crippen LogP contribution < -0.4 is 5.73 Å². The molecule has 6 heteroatoms. The number of aromatic nitrogens is 3. The Bertz CT molecular complexity index is 597. The molecule has 0 aromatic carbocycles. The van der Waals surface area contributed by atoms with Crippen LogP contribution >= 0.6 is 27.5 Å². The SMILES string of the molecule is CCc1nn(CC)c(CC(N)c2cncc(Br)c2)c1Cl. The lowest BCUT2D eigenvalue weighted by Gasteiger charge is -2.13. The van der Waals surface area contributed by atoms with Gasteiger partial charge in [-0.15, -0.1) is 0 Å². The van der Waals surface area contributed by atoms with Crippen LogP contribution in [0.3, 0.4) is 0 Å². The van der Waals surface area contributed by atoms with Crippen LogP contribution in [0.25, 0.3) is 0 Å². The van der Waals surface area contributed by atoms with Crippen molar-refractivity contribution in [1.82, 2.24) is 14.8 Å². The maximum atomic E-state index is 6.41. The van der Waals surface area contributed by atoms with E-state index in [9.17, 15) is 0 Å². The molecule has 0 radical (unpaired) electrons. The van der Waals surface area contributed by atoms with Crippen molar-refractivity contribution in [3.63, 3.8) is 0 Å². The molecule has 20 heavy (non-hydrogen) atoms. The number of hydrogen-bond acceptors (Lipinski definition) is 3. The van der Waals surface area contributed by atoms with Gasteiger partial charge in [0.05, 0.1) is 16.4 Å². The molecule has 0 spiro atoms. The minimum absolute atomic E-state index is 0.149.